The molecule has 0 unspecified atom stereocenters. The largest absolute Gasteiger partial charge is 0.345 e. The van der Waals surface area contributed by atoms with Gasteiger partial charge in [0, 0.05) is 13.1 Å². The SMILES string of the molecule is CSCC[C@@H](NC(=O)Cn1nc2c(cc1=O)CCCC2)c1nc2ccccc2n1C. The zero-order valence-corrected chi connectivity index (χ0v) is 18.2. The maximum absolute atomic E-state index is 12.9. The fourth-order valence-corrected chi connectivity index (χ4v) is 4.54. The molecule has 3 aromatic rings. The van der Waals surface area contributed by atoms with Gasteiger partial charge in [0.1, 0.15) is 12.4 Å². The monoisotopic (exact) mass is 425 g/mol. The average molecular weight is 426 g/mol. The number of imidazole rings is 1. The van der Waals surface area contributed by atoms with Crippen molar-refractivity contribution >= 4 is 28.7 Å². The zero-order valence-electron chi connectivity index (χ0n) is 17.4. The smallest absolute Gasteiger partial charge is 0.267 e. The first-order chi connectivity index (χ1) is 14.6. The number of carbonyl (C=O) groups excluding carboxylic acids is 1. The lowest BCUT2D eigenvalue weighted by molar-refractivity contribution is -0.122. The van der Waals surface area contributed by atoms with Gasteiger partial charge in [0.05, 0.1) is 22.8 Å². The van der Waals surface area contributed by atoms with E-state index in [1.54, 1.807) is 17.8 Å². The number of nitrogens with one attached hydrogen (secondary N) is 1. The van der Waals surface area contributed by atoms with E-state index in [2.05, 4.69) is 10.4 Å². The number of amides is 1. The van der Waals surface area contributed by atoms with Gasteiger partial charge >= 0.3 is 0 Å². The molecule has 0 spiro atoms. The van der Waals surface area contributed by atoms with Crippen LogP contribution in [0.3, 0.4) is 0 Å². The minimum atomic E-state index is -0.226. The van der Waals surface area contributed by atoms with Crippen molar-refractivity contribution in [3.63, 3.8) is 0 Å². The van der Waals surface area contributed by atoms with E-state index in [9.17, 15) is 9.59 Å². The van der Waals surface area contributed by atoms with E-state index >= 15 is 0 Å². The topological polar surface area (TPSA) is 81.8 Å². The Morgan fingerprint density at radius 3 is 2.87 bits per heavy atom. The van der Waals surface area contributed by atoms with E-state index in [4.69, 9.17) is 4.98 Å². The van der Waals surface area contributed by atoms with Crippen LogP contribution in [-0.2, 0) is 31.2 Å². The number of benzene rings is 1. The summed E-state index contributed by atoms with van der Waals surface area (Å²) in [5.74, 6) is 1.49. The van der Waals surface area contributed by atoms with E-state index < -0.39 is 0 Å². The third kappa shape index (κ3) is 4.28. The normalized spacial score (nSPS) is 14.5. The second-order valence-electron chi connectivity index (χ2n) is 7.74. The minimum absolute atomic E-state index is 0.0776. The first-order valence-electron chi connectivity index (χ1n) is 10.4. The molecule has 30 heavy (non-hydrogen) atoms. The highest BCUT2D eigenvalue weighted by Crippen LogP contribution is 2.23. The number of rotatable bonds is 7. The van der Waals surface area contributed by atoms with Crippen LogP contribution in [0, 0.1) is 0 Å². The molecule has 0 bridgehead atoms. The Morgan fingerprint density at radius 2 is 2.07 bits per heavy atom. The van der Waals surface area contributed by atoms with Gasteiger partial charge in [0.25, 0.3) is 5.56 Å². The van der Waals surface area contributed by atoms with Crippen molar-refractivity contribution in [2.24, 2.45) is 7.05 Å². The van der Waals surface area contributed by atoms with E-state index in [0.717, 1.165) is 66.0 Å². The predicted octanol–water partition coefficient (Wildman–Crippen LogP) is 2.62. The molecule has 158 valence electrons. The maximum atomic E-state index is 12.9. The molecular formula is C22H27N5O2S. The molecule has 1 N–H and O–H groups in total. The van der Waals surface area contributed by atoms with Gasteiger partial charge in [-0.05, 0) is 61.8 Å². The molecule has 4 rings (SSSR count). The molecule has 1 aliphatic carbocycles. The Labute approximate surface area is 179 Å². The lowest BCUT2D eigenvalue weighted by Crippen LogP contribution is -2.37. The van der Waals surface area contributed by atoms with Crippen molar-refractivity contribution in [1.29, 1.82) is 0 Å². The van der Waals surface area contributed by atoms with Crippen LogP contribution in [0.2, 0.25) is 0 Å². The lowest BCUT2D eigenvalue weighted by Gasteiger charge is -2.19. The van der Waals surface area contributed by atoms with Crippen molar-refractivity contribution in [3.8, 4) is 0 Å². The van der Waals surface area contributed by atoms with E-state index in [1.165, 1.54) is 4.68 Å². The number of thioether (sulfide) groups is 1. The summed E-state index contributed by atoms with van der Waals surface area (Å²) in [5, 5.41) is 7.56. The summed E-state index contributed by atoms with van der Waals surface area (Å²) in [6, 6.07) is 9.36. The van der Waals surface area contributed by atoms with E-state index in [0.29, 0.717) is 0 Å². The molecule has 0 radical (unpaired) electrons. The Hall–Kier alpha value is -2.61. The molecule has 0 fully saturated rings. The number of hydrogen-bond donors (Lipinski definition) is 1. The molecule has 8 heteroatoms. The number of aromatic nitrogens is 4. The summed E-state index contributed by atoms with van der Waals surface area (Å²) in [5.41, 5.74) is 3.70. The van der Waals surface area contributed by atoms with Crippen LogP contribution in [0.5, 0.6) is 0 Å². The molecule has 1 aromatic carbocycles. The second-order valence-corrected chi connectivity index (χ2v) is 8.72. The Balaban J connectivity index is 1.55. The van der Waals surface area contributed by atoms with Crippen LogP contribution in [0.4, 0.5) is 0 Å². The number of para-hydroxylation sites is 2. The molecule has 0 saturated carbocycles. The van der Waals surface area contributed by atoms with Gasteiger partial charge in [0.2, 0.25) is 5.91 Å². The highest BCUT2D eigenvalue weighted by molar-refractivity contribution is 7.98. The minimum Gasteiger partial charge on any atom is -0.345 e. The summed E-state index contributed by atoms with van der Waals surface area (Å²) < 4.78 is 3.32. The number of fused-ring (bicyclic) bond motifs is 2. The van der Waals surface area contributed by atoms with Crippen molar-refractivity contribution in [1.82, 2.24) is 24.6 Å². The van der Waals surface area contributed by atoms with Crippen molar-refractivity contribution in [2.45, 2.75) is 44.7 Å². The number of nitrogens with zero attached hydrogens (tertiary/aromatic N) is 4. The summed E-state index contributed by atoms with van der Waals surface area (Å²) >= 11 is 1.73. The molecule has 0 aliphatic heterocycles. The highest BCUT2D eigenvalue weighted by Gasteiger charge is 2.22. The zero-order chi connectivity index (χ0) is 21.1. The summed E-state index contributed by atoms with van der Waals surface area (Å²) in [6.45, 7) is -0.0776. The number of hydrogen-bond acceptors (Lipinski definition) is 5. The summed E-state index contributed by atoms with van der Waals surface area (Å²) in [7, 11) is 1.97. The quantitative estimate of drug-likeness (QED) is 0.629. The van der Waals surface area contributed by atoms with Gasteiger partial charge in [-0.25, -0.2) is 9.67 Å². The Bertz CT molecular complexity index is 1120. The molecule has 2 heterocycles. The Morgan fingerprint density at radius 1 is 1.27 bits per heavy atom. The third-order valence-corrected chi connectivity index (χ3v) is 6.29. The molecule has 0 saturated heterocycles. The maximum Gasteiger partial charge on any atom is 0.267 e. The molecule has 1 atom stereocenters. The molecule has 1 amide bonds. The van der Waals surface area contributed by atoms with Gasteiger partial charge in [0.15, 0.2) is 0 Å². The highest BCUT2D eigenvalue weighted by atomic mass is 32.2. The van der Waals surface area contributed by atoms with Gasteiger partial charge in [-0.15, -0.1) is 0 Å². The molecule has 7 nitrogen and oxygen atoms in total. The number of aryl methyl sites for hydroxylation is 3. The Kier molecular flexibility index (Phi) is 6.22. The average Bonchev–Trinajstić information content (AvgIpc) is 3.08. The molecular weight excluding hydrogens is 398 g/mol. The van der Waals surface area contributed by atoms with Crippen molar-refractivity contribution in [2.75, 3.05) is 12.0 Å². The van der Waals surface area contributed by atoms with Crippen LogP contribution >= 0.6 is 11.8 Å². The molecule has 2 aromatic heterocycles. The van der Waals surface area contributed by atoms with Crippen LogP contribution < -0.4 is 10.9 Å². The number of carbonyl (C=O) groups is 1. The third-order valence-electron chi connectivity index (χ3n) is 5.65. The summed E-state index contributed by atoms with van der Waals surface area (Å²) in [6.07, 6.45) is 6.74. The first-order valence-corrected chi connectivity index (χ1v) is 11.8. The standard InChI is InChI=1S/C22H27N5O2S/c1-26-19-10-6-5-9-17(19)24-22(26)18(11-12-30-2)23-20(28)14-27-21(29)13-15-7-3-4-8-16(15)25-27/h5-6,9-10,13,18H,3-4,7-8,11-12,14H2,1-2H3,(H,23,28)/t18-/m1/s1. The van der Waals surface area contributed by atoms with Crippen LogP contribution in [-0.4, -0.2) is 37.2 Å². The van der Waals surface area contributed by atoms with Gasteiger partial charge in [-0.1, -0.05) is 12.1 Å². The van der Waals surface area contributed by atoms with E-state index in [-0.39, 0.29) is 24.1 Å². The van der Waals surface area contributed by atoms with Crippen LogP contribution in [0.15, 0.2) is 35.1 Å². The lowest BCUT2D eigenvalue weighted by atomic mass is 9.97. The van der Waals surface area contributed by atoms with Crippen LogP contribution in [0.25, 0.3) is 11.0 Å². The van der Waals surface area contributed by atoms with Crippen LogP contribution in [0.1, 0.15) is 42.4 Å². The first kappa shape index (κ1) is 20.7. The molecule has 1 aliphatic rings. The fraction of sp³-hybridized carbons (Fsp3) is 0.455. The van der Waals surface area contributed by atoms with Gasteiger partial charge in [-0.2, -0.15) is 16.9 Å². The second kappa shape index (κ2) is 9.04. The van der Waals surface area contributed by atoms with Crippen molar-refractivity contribution < 1.29 is 4.79 Å². The summed E-state index contributed by atoms with van der Waals surface area (Å²) in [4.78, 5) is 30.0. The van der Waals surface area contributed by atoms with Crippen molar-refractivity contribution in [3.05, 3.63) is 57.8 Å². The van der Waals surface area contributed by atoms with Gasteiger partial charge in [-0.3, -0.25) is 9.59 Å². The predicted molar refractivity (Wildman–Crippen MR) is 120 cm³/mol. The van der Waals surface area contributed by atoms with Gasteiger partial charge < -0.3 is 9.88 Å². The van der Waals surface area contributed by atoms with E-state index in [1.807, 2.05) is 42.1 Å². The fourth-order valence-electron chi connectivity index (χ4n) is 4.07.